The number of hydrogen-bond donors (Lipinski definition) is 2. The van der Waals surface area contributed by atoms with Gasteiger partial charge in [-0.25, -0.2) is 0 Å². The summed E-state index contributed by atoms with van der Waals surface area (Å²) in [5.74, 6) is 0.374. The van der Waals surface area contributed by atoms with Crippen molar-refractivity contribution >= 4 is 22.6 Å². The van der Waals surface area contributed by atoms with Crippen molar-refractivity contribution in [1.82, 2.24) is 4.98 Å². The molecular formula is C24H22N2O3. The number of carbonyl (C=O) groups excluding carboxylic acids is 1. The van der Waals surface area contributed by atoms with Crippen LogP contribution < -0.4 is 10.9 Å². The van der Waals surface area contributed by atoms with Crippen molar-refractivity contribution in [2.75, 3.05) is 5.32 Å². The highest BCUT2D eigenvalue weighted by Crippen LogP contribution is 2.36. The van der Waals surface area contributed by atoms with Crippen molar-refractivity contribution in [3.63, 3.8) is 0 Å². The molecule has 0 aliphatic heterocycles. The molecule has 146 valence electrons. The molecule has 0 fully saturated rings. The van der Waals surface area contributed by atoms with Crippen LogP contribution in [0.1, 0.15) is 36.9 Å². The monoisotopic (exact) mass is 386 g/mol. The van der Waals surface area contributed by atoms with Gasteiger partial charge in [-0.3, -0.25) is 9.59 Å². The summed E-state index contributed by atoms with van der Waals surface area (Å²) in [5, 5.41) is 3.64. The van der Waals surface area contributed by atoms with E-state index in [-0.39, 0.29) is 16.9 Å². The normalized spacial score (nSPS) is 11.6. The fraction of sp³-hybridized carbons (Fsp3) is 0.167. The van der Waals surface area contributed by atoms with E-state index < -0.39 is 0 Å². The van der Waals surface area contributed by atoms with Gasteiger partial charge in [0.15, 0.2) is 0 Å². The molecule has 2 heterocycles. The second-order valence-electron chi connectivity index (χ2n) is 8.00. The van der Waals surface area contributed by atoms with Crippen molar-refractivity contribution in [2.24, 2.45) is 0 Å². The van der Waals surface area contributed by atoms with Gasteiger partial charge in [0, 0.05) is 28.2 Å². The largest absolute Gasteiger partial charge is 0.460 e. The standard InChI is InChI=1S/C24H22N2O3/c1-24(2,3)21-20(23(28)26-16-8-5-4-6-9-16)18-14-15(11-12-19(18)29-21)17-10-7-13-25-22(17)27/h4-14H,1-3H3,(H,25,27)(H,26,28). The lowest BCUT2D eigenvalue weighted by molar-refractivity contribution is 0.102. The summed E-state index contributed by atoms with van der Waals surface area (Å²) in [7, 11) is 0. The van der Waals surface area contributed by atoms with Crippen LogP contribution in [0.25, 0.3) is 22.1 Å². The zero-order valence-electron chi connectivity index (χ0n) is 16.6. The summed E-state index contributed by atoms with van der Waals surface area (Å²) in [5.41, 5.74) is 2.54. The highest BCUT2D eigenvalue weighted by Gasteiger charge is 2.29. The Morgan fingerprint density at radius 2 is 1.76 bits per heavy atom. The van der Waals surface area contributed by atoms with Gasteiger partial charge in [0.1, 0.15) is 11.3 Å². The average molecular weight is 386 g/mol. The Morgan fingerprint density at radius 3 is 2.45 bits per heavy atom. The SMILES string of the molecule is CC(C)(C)c1oc2ccc(-c3ccc[nH]c3=O)cc2c1C(=O)Nc1ccccc1. The number of benzene rings is 2. The van der Waals surface area contributed by atoms with Crippen LogP contribution in [-0.2, 0) is 5.41 Å². The minimum absolute atomic E-state index is 0.179. The lowest BCUT2D eigenvalue weighted by Crippen LogP contribution is -2.19. The fourth-order valence-corrected chi connectivity index (χ4v) is 3.38. The summed E-state index contributed by atoms with van der Waals surface area (Å²) >= 11 is 0. The molecule has 4 aromatic rings. The predicted molar refractivity (Wildman–Crippen MR) is 115 cm³/mol. The number of anilines is 1. The first kappa shape index (κ1) is 18.7. The van der Waals surface area contributed by atoms with Crippen LogP contribution in [0.15, 0.2) is 76.1 Å². The molecule has 0 saturated carbocycles. The molecule has 29 heavy (non-hydrogen) atoms. The molecule has 5 nitrogen and oxygen atoms in total. The Hall–Kier alpha value is -3.60. The number of furan rings is 1. The van der Waals surface area contributed by atoms with E-state index in [2.05, 4.69) is 10.3 Å². The van der Waals surface area contributed by atoms with E-state index in [9.17, 15) is 9.59 Å². The Balaban J connectivity index is 1.90. The number of amides is 1. The maximum absolute atomic E-state index is 13.2. The summed E-state index contributed by atoms with van der Waals surface area (Å²) in [4.78, 5) is 28.1. The number of hydrogen-bond acceptors (Lipinski definition) is 3. The predicted octanol–water partition coefficient (Wildman–Crippen LogP) is 5.34. The first-order valence-corrected chi connectivity index (χ1v) is 9.46. The Labute approximate surface area is 168 Å². The molecule has 2 aromatic carbocycles. The van der Waals surface area contributed by atoms with Gasteiger partial charge in [-0.2, -0.15) is 0 Å². The molecule has 0 bridgehead atoms. The quantitative estimate of drug-likeness (QED) is 0.499. The third kappa shape index (κ3) is 3.59. The molecule has 0 radical (unpaired) electrons. The van der Waals surface area contributed by atoms with Gasteiger partial charge >= 0.3 is 0 Å². The van der Waals surface area contributed by atoms with Gasteiger partial charge in [0.05, 0.1) is 5.56 Å². The molecule has 0 aliphatic carbocycles. The van der Waals surface area contributed by atoms with Crippen LogP contribution in [0.2, 0.25) is 0 Å². The van der Waals surface area contributed by atoms with E-state index in [1.807, 2.05) is 69.3 Å². The van der Waals surface area contributed by atoms with Crippen molar-refractivity contribution in [3.8, 4) is 11.1 Å². The van der Waals surface area contributed by atoms with Crippen molar-refractivity contribution in [2.45, 2.75) is 26.2 Å². The fourth-order valence-electron chi connectivity index (χ4n) is 3.38. The molecule has 1 amide bonds. The number of pyridine rings is 1. The van der Waals surface area contributed by atoms with Crippen LogP contribution in [0, 0.1) is 0 Å². The molecule has 2 N–H and O–H groups in total. The summed E-state index contributed by atoms with van der Waals surface area (Å²) < 4.78 is 6.10. The zero-order valence-corrected chi connectivity index (χ0v) is 16.6. The van der Waals surface area contributed by atoms with Gasteiger partial charge in [0.2, 0.25) is 0 Å². The highest BCUT2D eigenvalue weighted by molar-refractivity contribution is 6.14. The Kier molecular flexibility index (Phi) is 4.59. The van der Waals surface area contributed by atoms with Gasteiger partial charge in [0.25, 0.3) is 11.5 Å². The first-order chi connectivity index (χ1) is 13.8. The highest BCUT2D eigenvalue weighted by atomic mass is 16.3. The molecule has 4 rings (SSSR count). The maximum Gasteiger partial charge on any atom is 0.259 e. The second-order valence-corrected chi connectivity index (χ2v) is 8.00. The first-order valence-electron chi connectivity index (χ1n) is 9.46. The summed E-state index contributed by atoms with van der Waals surface area (Å²) in [6.07, 6.45) is 1.60. The van der Waals surface area contributed by atoms with Crippen LogP contribution in [0.3, 0.4) is 0 Å². The molecule has 0 unspecified atom stereocenters. The molecule has 2 aromatic heterocycles. The number of aromatic amines is 1. The van der Waals surface area contributed by atoms with Gasteiger partial charge in [-0.15, -0.1) is 0 Å². The molecule has 0 saturated heterocycles. The summed E-state index contributed by atoms with van der Waals surface area (Å²) in [6, 6.07) is 18.3. The van der Waals surface area contributed by atoms with Crippen LogP contribution in [0.4, 0.5) is 5.69 Å². The smallest absolute Gasteiger partial charge is 0.259 e. The Morgan fingerprint density at radius 1 is 1.00 bits per heavy atom. The van der Waals surface area contributed by atoms with E-state index in [0.717, 1.165) is 5.56 Å². The molecular weight excluding hydrogens is 364 g/mol. The van der Waals surface area contributed by atoms with Crippen LogP contribution in [0.5, 0.6) is 0 Å². The molecule has 0 aliphatic rings. The van der Waals surface area contributed by atoms with Crippen molar-refractivity contribution < 1.29 is 9.21 Å². The third-order valence-electron chi connectivity index (χ3n) is 4.76. The number of para-hydroxylation sites is 1. The second kappa shape index (κ2) is 7.09. The number of fused-ring (bicyclic) bond motifs is 1. The molecule has 5 heteroatoms. The average Bonchev–Trinajstić information content (AvgIpc) is 3.08. The minimum atomic E-state index is -0.368. The topological polar surface area (TPSA) is 75.1 Å². The number of rotatable bonds is 3. The van der Waals surface area contributed by atoms with Crippen molar-refractivity contribution in [1.29, 1.82) is 0 Å². The minimum Gasteiger partial charge on any atom is -0.460 e. The number of carbonyl (C=O) groups is 1. The molecule has 0 spiro atoms. The Bertz CT molecular complexity index is 1240. The molecule has 0 atom stereocenters. The third-order valence-corrected chi connectivity index (χ3v) is 4.76. The van der Waals surface area contributed by atoms with E-state index in [1.165, 1.54) is 0 Å². The summed E-state index contributed by atoms with van der Waals surface area (Å²) in [6.45, 7) is 6.02. The van der Waals surface area contributed by atoms with Crippen LogP contribution in [-0.4, -0.2) is 10.9 Å². The van der Waals surface area contributed by atoms with Crippen LogP contribution >= 0.6 is 0 Å². The van der Waals surface area contributed by atoms with Gasteiger partial charge in [-0.05, 0) is 42.0 Å². The van der Waals surface area contributed by atoms with Gasteiger partial charge in [-0.1, -0.05) is 45.0 Å². The van der Waals surface area contributed by atoms with Gasteiger partial charge < -0.3 is 14.7 Å². The number of nitrogens with one attached hydrogen (secondary N) is 2. The number of aromatic nitrogens is 1. The van der Waals surface area contributed by atoms with E-state index in [1.54, 1.807) is 18.3 Å². The van der Waals surface area contributed by atoms with E-state index in [0.29, 0.717) is 33.5 Å². The van der Waals surface area contributed by atoms with Crippen molar-refractivity contribution in [3.05, 3.63) is 88.5 Å². The van der Waals surface area contributed by atoms with E-state index >= 15 is 0 Å². The van der Waals surface area contributed by atoms with E-state index in [4.69, 9.17) is 4.42 Å². The lowest BCUT2D eigenvalue weighted by atomic mass is 9.89. The number of H-pyrrole nitrogens is 1. The zero-order chi connectivity index (χ0) is 20.6. The maximum atomic E-state index is 13.2. The lowest BCUT2D eigenvalue weighted by Gasteiger charge is -2.17.